The number of ether oxygens (including phenoxy) is 3. The van der Waals surface area contributed by atoms with Gasteiger partial charge in [-0.05, 0) is 41.0 Å². The van der Waals surface area contributed by atoms with Crippen molar-refractivity contribution in [2.75, 3.05) is 7.11 Å². The maximum absolute atomic E-state index is 5.97. The van der Waals surface area contributed by atoms with Gasteiger partial charge in [-0.25, -0.2) is 0 Å². The quantitative estimate of drug-likeness (QED) is 0.689. The maximum atomic E-state index is 5.97. The van der Waals surface area contributed by atoms with Crippen molar-refractivity contribution in [2.24, 2.45) is 0 Å². The summed E-state index contributed by atoms with van der Waals surface area (Å²) in [6.07, 6.45) is 1.35. The zero-order chi connectivity index (χ0) is 17.1. The molecule has 0 amide bonds. The lowest BCUT2D eigenvalue weighted by atomic mass is 10.0. The van der Waals surface area contributed by atoms with Gasteiger partial charge in [0.2, 0.25) is 6.29 Å². The Hall–Kier alpha value is -2.69. The van der Waals surface area contributed by atoms with Crippen molar-refractivity contribution in [3.05, 3.63) is 83.7 Å². The van der Waals surface area contributed by atoms with Crippen molar-refractivity contribution < 1.29 is 14.2 Å². The molecule has 0 saturated carbocycles. The molecule has 4 nitrogen and oxygen atoms in total. The first-order valence-corrected chi connectivity index (χ1v) is 8.24. The highest BCUT2D eigenvalue weighted by molar-refractivity contribution is 5.66. The number of aromatic nitrogens is 1. The third-order valence-corrected chi connectivity index (χ3v) is 4.25. The number of pyridine rings is 1. The second-order valence-electron chi connectivity index (χ2n) is 5.94. The molecule has 0 saturated heterocycles. The smallest absolute Gasteiger partial charge is 0.202 e. The van der Waals surface area contributed by atoms with E-state index in [1.807, 2.05) is 42.5 Å². The fraction of sp³-hybridized carbons (Fsp3) is 0.190. The van der Waals surface area contributed by atoms with Crippen molar-refractivity contribution in [3.8, 4) is 16.9 Å². The fourth-order valence-corrected chi connectivity index (χ4v) is 2.99. The number of hydrogen-bond donors (Lipinski definition) is 0. The van der Waals surface area contributed by atoms with E-state index in [2.05, 4.69) is 23.2 Å². The number of methoxy groups -OCH3 is 1. The Balaban J connectivity index is 1.55. The lowest BCUT2D eigenvalue weighted by Gasteiger charge is -2.14. The normalized spacial score (nSPS) is 15.8. The van der Waals surface area contributed by atoms with E-state index in [4.69, 9.17) is 14.2 Å². The first kappa shape index (κ1) is 15.8. The molecular weight excluding hydrogens is 314 g/mol. The molecule has 1 aromatic heterocycles. The molecule has 4 heteroatoms. The van der Waals surface area contributed by atoms with Gasteiger partial charge in [0.05, 0.1) is 20.3 Å². The van der Waals surface area contributed by atoms with Gasteiger partial charge in [-0.15, -0.1) is 0 Å². The lowest BCUT2D eigenvalue weighted by Crippen LogP contribution is -2.04. The largest absolute Gasteiger partial charge is 0.497 e. The molecule has 1 aliphatic rings. The standard InChI is InChI=1S/C21H19NO3/c1-23-19-11-15(10-18(12-19)16-6-3-2-4-7-16)13-24-21-20-17(14-25-21)8-5-9-22-20/h2-12,21H,13-14H2,1H3. The number of rotatable bonds is 5. The van der Waals surface area contributed by atoms with Gasteiger partial charge in [-0.1, -0.05) is 36.4 Å². The third kappa shape index (κ3) is 3.40. The van der Waals surface area contributed by atoms with Crippen LogP contribution in [0.25, 0.3) is 11.1 Å². The molecule has 1 aliphatic heterocycles. The van der Waals surface area contributed by atoms with E-state index >= 15 is 0 Å². The second kappa shape index (κ2) is 7.05. The second-order valence-corrected chi connectivity index (χ2v) is 5.94. The summed E-state index contributed by atoms with van der Waals surface area (Å²) >= 11 is 0. The summed E-state index contributed by atoms with van der Waals surface area (Å²) in [6, 6.07) is 20.3. The topological polar surface area (TPSA) is 40.6 Å². The Morgan fingerprint density at radius 1 is 1.04 bits per heavy atom. The molecule has 126 valence electrons. The highest BCUT2D eigenvalue weighted by Gasteiger charge is 2.25. The average Bonchev–Trinajstić information content (AvgIpc) is 3.10. The maximum Gasteiger partial charge on any atom is 0.202 e. The summed E-state index contributed by atoms with van der Waals surface area (Å²) in [7, 11) is 1.68. The molecular formula is C21H19NO3. The van der Waals surface area contributed by atoms with Gasteiger partial charge in [0.15, 0.2) is 0 Å². The van der Waals surface area contributed by atoms with Gasteiger partial charge in [-0.2, -0.15) is 0 Å². The zero-order valence-electron chi connectivity index (χ0n) is 14.0. The van der Waals surface area contributed by atoms with Gasteiger partial charge in [-0.3, -0.25) is 4.98 Å². The van der Waals surface area contributed by atoms with Crippen LogP contribution in [0.3, 0.4) is 0 Å². The Kier molecular flexibility index (Phi) is 4.46. The van der Waals surface area contributed by atoms with Crippen LogP contribution in [-0.2, 0) is 22.7 Å². The molecule has 0 N–H and O–H groups in total. The molecule has 1 atom stereocenters. The molecule has 2 heterocycles. The van der Waals surface area contributed by atoms with Crippen molar-refractivity contribution in [3.63, 3.8) is 0 Å². The molecule has 0 aliphatic carbocycles. The Morgan fingerprint density at radius 2 is 1.92 bits per heavy atom. The van der Waals surface area contributed by atoms with Crippen molar-refractivity contribution in [2.45, 2.75) is 19.5 Å². The first-order valence-electron chi connectivity index (χ1n) is 8.24. The van der Waals surface area contributed by atoms with E-state index in [0.29, 0.717) is 13.2 Å². The van der Waals surface area contributed by atoms with Crippen LogP contribution in [0.15, 0.2) is 66.9 Å². The van der Waals surface area contributed by atoms with E-state index in [9.17, 15) is 0 Å². The average molecular weight is 333 g/mol. The van der Waals surface area contributed by atoms with E-state index in [1.165, 1.54) is 0 Å². The van der Waals surface area contributed by atoms with Crippen molar-refractivity contribution in [1.82, 2.24) is 4.98 Å². The summed E-state index contributed by atoms with van der Waals surface area (Å²) in [4.78, 5) is 4.38. The molecule has 2 aromatic carbocycles. The minimum absolute atomic E-state index is 0.414. The van der Waals surface area contributed by atoms with Gasteiger partial charge in [0.1, 0.15) is 11.4 Å². The fourth-order valence-electron chi connectivity index (χ4n) is 2.99. The molecule has 3 aromatic rings. The first-order chi connectivity index (χ1) is 12.3. The van der Waals surface area contributed by atoms with E-state index in [-0.39, 0.29) is 0 Å². The predicted octanol–water partition coefficient (Wildman–Crippen LogP) is 4.50. The van der Waals surface area contributed by atoms with Crippen LogP contribution in [0.2, 0.25) is 0 Å². The van der Waals surface area contributed by atoms with Crippen molar-refractivity contribution in [1.29, 1.82) is 0 Å². The molecule has 0 radical (unpaired) electrons. The van der Waals surface area contributed by atoms with Crippen LogP contribution >= 0.6 is 0 Å². The summed E-state index contributed by atoms with van der Waals surface area (Å²) < 4.78 is 17.1. The molecule has 1 unspecified atom stereocenters. The van der Waals surface area contributed by atoms with Crippen molar-refractivity contribution >= 4 is 0 Å². The highest BCUT2D eigenvalue weighted by Crippen LogP contribution is 2.31. The van der Waals surface area contributed by atoms with Gasteiger partial charge in [0.25, 0.3) is 0 Å². The third-order valence-electron chi connectivity index (χ3n) is 4.25. The van der Waals surface area contributed by atoms with Gasteiger partial charge >= 0.3 is 0 Å². The molecule has 0 spiro atoms. The number of benzene rings is 2. The number of hydrogen-bond acceptors (Lipinski definition) is 4. The SMILES string of the molecule is COc1cc(COC2OCc3cccnc32)cc(-c2ccccc2)c1. The van der Waals surface area contributed by atoms with Crippen LogP contribution < -0.4 is 4.74 Å². The molecule has 4 rings (SSSR count). The van der Waals surface area contributed by atoms with E-state index in [1.54, 1.807) is 13.3 Å². The monoisotopic (exact) mass is 333 g/mol. The minimum atomic E-state index is -0.414. The number of nitrogens with zero attached hydrogens (tertiary/aromatic N) is 1. The van der Waals surface area contributed by atoms with Gasteiger partial charge < -0.3 is 14.2 Å². The summed E-state index contributed by atoms with van der Waals surface area (Å²) in [5.41, 5.74) is 5.24. The predicted molar refractivity (Wildman–Crippen MR) is 95.0 cm³/mol. The van der Waals surface area contributed by atoms with Crippen LogP contribution in [-0.4, -0.2) is 12.1 Å². The lowest BCUT2D eigenvalue weighted by molar-refractivity contribution is -0.147. The summed E-state index contributed by atoms with van der Waals surface area (Å²) in [5, 5.41) is 0. The van der Waals surface area contributed by atoms with Crippen LogP contribution in [0.1, 0.15) is 23.1 Å². The van der Waals surface area contributed by atoms with E-state index < -0.39 is 6.29 Å². The van der Waals surface area contributed by atoms with Crippen LogP contribution in [0.4, 0.5) is 0 Å². The Bertz CT molecular complexity index is 864. The van der Waals surface area contributed by atoms with Crippen LogP contribution in [0.5, 0.6) is 5.75 Å². The summed E-state index contributed by atoms with van der Waals surface area (Å²) in [5.74, 6) is 0.811. The molecule has 25 heavy (non-hydrogen) atoms. The summed E-state index contributed by atoms with van der Waals surface area (Å²) in [6.45, 7) is 0.971. The van der Waals surface area contributed by atoms with Gasteiger partial charge in [0, 0.05) is 11.8 Å². The minimum Gasteiger partial charge on any atom is -0.497 e. The molecule has 0 fully saturated rings. The highest BCUT2D eigenvalue weighted by atomic mass is 16.7. The number of fused-ring (bicyclic) bond motifs is 1. The zero-order valence-corrected chi connectivity index (χ0v) is 14.0. The van der Waals surface area contributed by atoms with Crippen LogP contribution in [0, 0.1) is 0 Å². The molecule has 0 bridgehead atoms. The van der Waals surface area contributed by atoms with E-state index in [0.717, 1.165) is 33.7 Å². The Morgan fingerprint density at radius 3 is 2.76 bits per heavy atom. The Labute approximate surface area is 147 Å².